The summed E-state index contributed by atoms with van der Waals surface area (Å²) in [5, 5.41) is 0. The Morgan fingerprint density at radius 3 is 2.63 bits per heavy atom. The number of ether oxygens (including phenoxy) is 1. The second-order valence-corrected chi connectivity index (χ2v) is 7.83. The molecule has 2 aromatic heterocycles. The molecule has 2 aliphatic heterocycles. The summed E-state index contributed by atoms with van der Waals surface area (Å²) in [7, 11) is 0. The molecule has 1 amide bonds. The molecule has 0 aliphatic carbocycles. The number of aromatic nitrogens is 3. The summed E-state index contributed by atoms with van der Waals surface area (Å²) >= 11 is 0. The Morgan fingerprint density at radius 2 is 1.97 bits per heavy atom. The average Bonchev–Trinajstić information content (AvgIpc) is 3.26. The van der Waals surface area contributed by atoms with E-state index in [-0.39, 0.29) is 23.9 Å². The summed E-state index contributed by atoms with van der Waals surface area (Å²) in [6.07, 6.45) is 0.202. The van der Waals surface area contributed by atoms with Gasteiger partial charge in [-0.3, -0.25) is 4.79 Å². The van der Waals surface area contributed by atoms with Crippen LogP contribution in [0.2, 0.25) is 0 Å². The van der Waals surface area contributed by atoms with Crippen LogP contribution in [-0.4, -0.2) is 44.4 Å². The molecule has 2 bridgehead atoms. The second-order valence-electron chi connectivity index (χ2n) is 7.83. The number of amides is 1. The standard InChI is InChI=1S/C21H23F3N4O2/c1-3-30-17-7-4-12(2)27-19(17)20(29)28-15-5-6-16(28)13(8-15)9-18-25-10-14(11-26-18)21(22,23)24/h4,7,10-11,13,15-16H,3,5-6,8-9H2,1-2H3. The molecule has 0 saturated carbocycles. The third kappa shape index (κ3) is 3.85. The van der Waals surface area contributed by atoms with E-state index in [0.29, 0.717) is 30.3 Å². The van der Waals surface area contributed by atoms with Crippen molar-refractivity contribution in [2.24, 2.45) is 5.92 Å². The van der Waals surface area contributed by atoms with Gasteiger partial charge in [0, 0.05) is 36.6 Å². The monoisotopic (exact) mass is 420 g/mol. The molecular formula is C21H23F3N4O2. The number of alkyl halides is 3. The van der Waals surface area contributed by atoms with Crippen molar-refractivity contribution < 1.29 is 22.7 Å². The number of hydrogen-bond donors (Lipinski definition) is 0. The molecule has 3 atom stereocenters. The van der Waals surface area contributed by atoms with Gasteiger partial charge in [-0.1, -0.05) is 0 Å². The predicted octanol–water partition coefficient (Wildman–Crippen LogP) is 3.83. The Balaban J connectivity index is 1.52. The van der Waals surface area contributed by atoms with E-state index in [1.54, 1.807) is 6.07 Å². The molecule has 0 radical (unpaired) electrons. The second kappa shape index (κ2) is 7.85. The van der Waals surface area contributed by atoms with Crippen LogP contribution in [0.1, 0.15) is 53.8 Å². The SMILES string of the molecule is CCOc1ccc(C)nc1C(=O)N1C2CCC1C(Cc1ncc(C(F)(F)F)cn1)C2. The highest BCUT2D eigenvalue weighted by atomic mass is 19.4. The van der Waals surface area contributed by atoms with Crippen molar-refractivity contribution >= 4 is 5.91 Å². The molecule has 4 heterocycles. The Morgan fingerprint density at radius 1 is 1.23 bits per heavy atom. The first kappa shape index (κ1) is 20.6. The topological polar surface area (TPSA) is 68.2 Å². The summed E-state index contributed by atoms with van der Waals surface area (Å²) in [6.45, 7) is 4.12. The third-order valence-corrected chi connectivity index (χ3v) is 5.88. The lowest BCUT2D eigenvalue weighted by atomic mass is 9.86. The summed E-state index contributed by atoms with van der Waals surface area (Å²) in [5.41, 5.74) is 0.202. The smallest absolute Gasteiger partial charge is 0.419 e. The van der Waals surface area contributed by atoms with Crippen molar-refractivity contribution in [2.75, 3.05) is 6.61 Å². The van der Waals surface area contributed by atoms with E-state index < -0.39 is 11.7 Å². The van der Waals surface area contributed by atoms with Crippen molar-refractivity contribution in [3.8, 4) is 5.75 Å². The lowest BCUT2D eigenvalue weighted by Crippen LogP contribution is -2.37. The molecule has 2 aromatic rings. The zero-order valence-electron chi connectivity index (χ0n) is 16.8. The maximum atomic E-state index is 13.3. The van der Waals surface area contributed by atoms with Crippen molar-refractivity contribution in [3.63, 3.8) is 0 Å². The first-order chi connectivity index (χ1) is 14.3. The van der Waals surface area contributed by atoms with Gasteiger partial charge in [0.25, 0.3) is 5.91 Å². The van der Waals surface area contributed by atoms with Crippen LogP contribution in [-0.2, 0) is 12.6 Å². The Kier molecular flexibility index (Phi) is 5.38. The number of carbonyl (C=O) groups is 1. The van der Waals surface area contributed by atoms with Gasteiger partial charge < -0.3 is 9.64 Å². The Labute approximate surface area is 172 Å². The number of pyridine rings is 1. The fourth-order valence-electron chi connectivity index (χ4n) is 4.58. The van der Waals surface area contributed by atoms with Gasteiger partial charge in [-0.2, -0.15) is 13.2 Å². The Bertz CT molecular complexity index is 933. The number of nitrogens with zero attached hydrogens (tertiary/aromatic N) is 4. The zero-order chi connectivity index (χ0) is 21.5. The molecule has 2 fully saturated rings. The minimum absolute atomic E-state index is 0.00480. The van der Waals surface area contributed by atoms with Crippen molar-refractivity contribution in [3.05, 3.63) is 47.3 Å². The van der Waals surface area contributed by atoms with Gasteiger partial charge in [0.1, 0.15) is 5.82 Å². The lowest BCUT2D eigenvalue weighted by Gasteiger charge is -2.25. The minimum Gasteiger partial charge on any atom is -0.491 e. The highest BCUT2D eigenvalue weighted by Crippen LogP contribution is 2.44. The zero-order valence-corrected chi connectivity index (χ0v) is 16.8. The van der Waals surface area contributed by atoms with E-state index in [1.807, 2.05) is 24.8 Å². The van der Waals surface area contributed by atoms with E-state index in [9.17, 15) is 18.0 Å². The lowest BCUT2D eigenvalue weighted by molar-refractivity contribution is -0.138. The van der Waals surface area contributed by atoms with Crippen LogP contribution in [0.25, 0.3) is 0 Å². The fourth-order valence-corrected chi connectivity index (χ4v) is 4.58. The van der Waals surface area contributed by atoms with Crippen LogP contribution in [0, 0.1) is 12.8 Å². The maximum absolute atomic E-state index is 13.3. The van der Waals surface area contributed by atoms with E-state index in [4.69, 9.17) is 4.74 Å². The average molecular weight is 420 g/mol. The summed E-state index contributed by atoms with van der Waals surface area (Å²) in [4.78, 5) is 27.5. The van der Waals surface area contributed by atoms with Crippen LogP contribution >= 0.6 is 0 Å². The largest absolute Gasteiger partial charge is 0.491 e. The van der Waals surface area contributed by atoms with Crippen LogP contribution in [0.3, 0.4) is 0 Å². The predicted molar refractivity (Wildman–Crippen MR) is 102 cm³/mol. The van der Waals surface area contributed by atoms with E-state index in [2.05, 4.69) is 15.0 Å². The Hall–Kier alpha value is -2.71. The van der Waals surface area contributed by atoms with E-state index in [0.717, 1.165) is 37.4 Å². The highest BCUT2D eigenvalue weighted by Gasteiger charge is 2.49. The highest BCUT2D eigenvalue weighted by molar-refractivity contribution is 5.96. The van der Waals surface area contributed by atoms with Crippen molar-refractivity contribution in [2.45, 2.75) is 57.8 Å². The van der Waals surface area contributed by atoms with Gasteiger partial charge in [-0.05, 0) is 51.2 Å². The number of fused-ring (bicyclic) bond motifs is 2. The van der Waals surface area contributed by atoms with Gasteiger partial charge >= 0.3 is 6.18 Å². The summed E-state index contributed by atoms with van der Waals surface area (Å²) < 4.78 is 43.8. The molecule has 6 nitrogen and oxygen atoms in total. The van der Waals surface area contributed by atoms with Gasteiger partial charge in [-0.15, -0.1) is 0 Å². The number of halogens is 3. The van der Waals surface area contributed by atoms with Gasteiger partial charge in [-0.25, -0.2) is 15.0 Å². The molecule has 0 aromatic carbocycles. The van der Waals surface area contributed by atoms with Gasteiger partial charge in [0.05, 0.1) is 12.2 Å². The molecule has 160 valence electrons. The molecular weight excluding hydrogens is 397 g/mol. The molecule has 2 saturated heterocycles. The maximum Gasteiger partial charge on any atom is 0.419 e. The molecule has 2 aliphatic rings. The molecule has 0 N–H and O–H groups in total. The number of aryl methyl sites for hydroxylation is 1. The van der Waals surface area contributed by atoms with Gasteiger partial charge in [0.2, 0.25) is 0 Å². The molecule has 0 spiro atoms. The first-order valence-corrected chi connectivity index (χ1v) is 10.1. The third-order valence-electron chi connectivity index (χ3n) is 5.88. The van der Waals surface area contributed by atoms with Crippen molar-refractivity contribution in [1.29, 1.82) is 0 Å². The quantitative estimate of drug-likeness (QED) is 0.735. The van der Waals surface area contributed by atoms with Crippen LogP contribution < -0.4 is 4.74 Å². The normalized spacial score (nSPS) is 23.1. The van der Waals surface area contributed by atoms with E-state index >= 15 is 0 Å². The van der Waals surface area contributed by atoms with Gasteiger partial charge in [0.15, 0.2) is 11.4 Å². The molecule has 3 unspecified atom stereocenters. The van der Waals surface area contributed by atoms with Crippen LogP contribution in [0.15, 0.2) is 24.5 Å². The van der Waals surface area contributed by atoms with Crippen LogP contribution in [0.5, 0.6) is 5.75 Å². The van der Waals surface area contributed by atoms with E-state index in [1.165, 1.54) is 0 Å². The summed E-state index contributed by atoms with van der Waals surface area (Å²) in [5.74, 6) is 0.814. The summed E-state index contributed by atoms with van der Waals surface area (Å²) in [6, 6.07) is 3.68. The number of hydrogen-bond acceptors (Lipinski definition) is 5. The minimum atomic E-state index is -4.45. The fraction of sp³-hybridized carbons (Fsp3) is 0.524. The van der Waals surface area contributed by atoms with Crippen LogP contribution in [0.4, 0.5) is 13.2 Å². The number of carbonyl (C=O) groups excluding carboxylic acids is 1. The molecule has 9 heteroatoms. The molecule has 30 heavy (non-hydrogen) atoms. The van der Waals surface area contributed by atoms with Crippen molar-refractivity contribution in [1.82, 2.24) is 19.9 Å². The number of rotatable bonds is 5. The molecule has 4 rings (SSSR count). The first-order valence-electron chi connectivity index (χ1n) is 10.1.